The molecule has 8 rings (SSSR count). The summed E-state index contributed by atoms with van der Waals surface area (Å²) in [5.41, 5.74) is 7.83. The summed E-state index contributed by atoms with van der Waals surface area (Å²) in [6.45, 7) is 0. The van der Waals surface area contributed by atoms with Crippen LogP contribution in [0.25, 0.3) is 45.7 Å². The molecule has 12 heteroatoms. The summed E-state index contributed by atoms with van der Waals surface area (Å²) in [6.07, 6.45) is 9.21. The van der Waals surface area contributed by atoms with Gasteiger partial charge in [0.15, 0.2) is 5.82 Å². The fourth-order valence-electron chi connectivity index (χ4n) is 4.39. The Hall–Kier alpha value is -7.13. The maximum absolute atomic E-state index is 8.68. The number of aromatic nitrogens is 9. The predicted molar refractivity (Wildman–Crippen MR) is 182 cm³/mol. The first-order chi connectivity index (χ1) is 23.8. The monoisotopic (exact) mass is 626 g/mol. The van der Waals surface area contributed by atoms with Crippen molar-refractivity contribution in [3.05, 3.63) is 146 Å². The Morgan fingerprint density at radius 2 is 1.04 bits per heavy atom. The van der Waals surface area contributed by atoms with E-state index in [9.17, 15) is 0 Å². The first kappa shape index (κ1) is 30.9. The molecule has 1 N–H and O–H groups in total. The van der Waals surface area contributed by atoms with Gasteiger partial charge in [-0.25, -0.2) is 19.9 Å². The summed E-state index contributed by atoms with van der Waals surface area (Å²) in [6, 6.07) is 36.0. The van der Waals surface area contributed by atoms with Crippen molar-refractivity contribution in [3.8, 4) is 51.8 Å². The number of nitrogens with zero attached hydrogens (tertiary/aromatic N) is 11. The smallest absolute Gasteiger partial charge is 0.174 e. The van der Waals surface area contributed by atoms with Crippen molar-refractivity contribution in [1.29, 1.82) is 5.26 Å². The van der Waals surface area contributed by atoms with Crippen LogP contribution in [0.5, 0.6) is 0 Å². The molecule has 0 spiro atoms. The number of hydrogen-bond donors (Lipinski definition) is 1. The van der Waals surface area contributed by atoms with Crippen molar-refractivity contribution in [2.45, 2.75) is 6.42 Å². The van der Waals surface area contributed by atoms with Gasteiger partial charge in [-0.05, 0) is 72.8 Å². The number of aromatic amines is 1. The van der Waals surface area contributed by atoms with Crippen molar-refractivity contribution < 1.29 is 0 Å². The molecule has 7 aromatic rings. The van der Waals surface area contributed by atoms with Crippen molar-refractivity contribution in [1.82, 2.24) is 45.1 Å². The van der Waals surface area contributed by atoms with Gasteiger partial charge in [-0.15, -0.1) is 0 Å². The molecule has 0 saturated carbocycles. The standard InChI is InChI=1S/C13H10N4.C12H9N5.C11H7N3/c1-2-8-14-10(4-1)11-5-3-6-12(16-11)13-7-9-15-17-13;1-2-7-13-9(4-1)10-5-3-6-11(16-10)12-14-8-15-17-12;12-8-9-4-3-6-11(14-9)10-5-1-2-7-13-10/h1-6,8-9H,7H2;1-8H,(H,14,15,17);1-7H. The number of hydrogen-bond acceptors (Lipinski definition) is 11. The first-order valence-electron chi connectivity index (χ1n) is 14.8. The van der Waals surface area contributed by atoms with Crippen LogP contribution in [0.2, 0.25) is 0 Å². The average molecular weight is 627 g/mol. The van der Waals surface area contributed by atoms with E-state index in [4.69, 9.17) is 5.26 Å². The number of pyridine rings is 6. The van der Waals surface area contributed by atoms with E-state index in [1.165, 1.54) is 6.33 Å². The summed E-state index contributed by atoms with van der Waals surface area (Å²) in [4.78, 5) is 29.9. The lowest BCUT2D eigenvalue weighted by molar-refractivity contribution is 1.09. The molecule has 0 aliphatic carbocycles. The van der Waals surface area contributed by atoms with Crippen LogP contribution < -0.4 is 0 Å². The second-order valence-corrected chi connectivity index (χ2v) is 9.86. The second kappa shape index (κ2) is 15.7. The largest absolute Gasteiger partial charge is 0.258 e. The maximum atomic E-state index is 8.68. The Labute approximate surface area is 275 Å². The molecule has 0 aromatic carbocycles. The van der Waals surface area contributed by atoms with Gasteiger partial charge in [0.25, 0.3) is 0 Å². The fourth-order valence-corrected chi connectivity index (χ4v) is 4.39. The molecule has 230 valence electrons. The summed E-state index contributed by atoms with van der Waals surface area (Å²) >= 11 is 0. The van der Waals surface area contributed by atoms with Crippen LogP contribution in [-0.4, -0.2) is 57.0 Å². The Bertz CT molecular complexity index is 2160. The van der Waals surface area contributed by atoms with Crippen LogP contribution in [0, 0.1) is 11.3 Å². The molecule has 1 aliphatic heterocycles. The molecule has 48 heavy (non-hydrogen) atoms. The van der Waals surface area contributed by atoms with Gasteiger partial charge < -0.3 is 0 Å². The van der Waals surface area contributed by atoms with E-state index < -0.39 is 0 Å². The van der Waals surface area contributed by atoms with Gasteiger partial charge in [-0.1, -0.05) is 36.4 Å². The highest BCUT2D eigenvalue weighted by Gasteiger charge is 2.10. The van der Waals surface area contributed by atoms with Gasteiger partial charge in [0.2, 0.25) is 0 Å². The zero-order valence-corrected chi connectivity index (χ0v) is 25.4. The zero-order chi connectivity index (χ0) is 32.8. The predicted octanol–water partition coefficient (Wildman–Crippen LogP) is 6.27. The van der Waals surface area contributed by atoms with Gasteiger partial charge in [0, 0.05) is 31.2 Å². The molecule has 0 fully saturated rings. The normalized spacial score (nSPS) is 11.3. The molecule has 0 radical (unpaired) electrons. The van der Waals surface area contributed by atoms with Gasteiger partial charge in [-0.2, -0.15) is 20.6 Å². The van der Waals surface area contributed by atoms with Gasteiger partial charge in [0.1, 0.15) is 23.8 Å². The lowest BCUT2D eigenvalue weighted by Crippen LogP contribution is -2.02. The Kier molecular flexibility index (Phi) is 10.1. The van der Waals surface area contributed by atoms with E-state index in [0.717, 1.165) is 57.7 Å². The first-order valence-corrected chi connectivity index (χ1v) is 14.8. The van der Waals surface area contributed by atoms with Gasteiger partial charge in [-0.3, -0.25) is 20.1 Å². The highest BCUT2D eigenvalue weighted by molar-refractivity contribution is 6.08. The lowest BCUT2D eigenvalue weighted by atomic mass is 10.1. The highest BCUT2D eigenvalue weighted by Crippen LogP contribution is 2.18. The Morgan fingerprint density at radius 1 is 0.521 bits per heavy atom. The van der Waals surface area contributed by atoms with E-state index in [0.29, 0.717) is 11.5 Å². The molecule has 0 amide bonds. The SMILES string of the molecule is C1=NN=C(c2cccc(-c3ccccn3)n2)C1.N#Cc1cccc(-c2ccccn2)n1.c1ccc(-c2cccc(-c3ncn[nH]3)n2)nc1. The van der Waals surface area contributed by atoms with Crippen LogP contribution in [0.15, 0.2) is 144 Å². The Morgan fingerprint density at radius 3 is 1.54 bits per heavy atom. The summed E-state index contributed by atoms with van der Waals surface area (Å²) in [5, 5.41) is 23.2. The number of H-pyrrole nitrogens is 1. The molecular formula is C36H26N12. The molecule has 7 aromatic heterocycles. The van der Waals surface area contributed by atoms with E-state index in [-0.39, 0.29) is 0 Å². The summed E-state index contributed by atoms with van der Waals surface area (Å²) < 4.78 is 0. The van der Waals surface area contributed by atoms with E-state index in [1.54, 1.807) is 36.9 Å². The minimum atomic E-state index is 0.410. The molecule has 12 nitrogen and oxygen atoms in total. The molecule has 1 aliphatic rings. The number of rotatable bonds is 5. The van der Waals surface area contributed by atoms with Crippen LogP contribution in [-0.2, 0) is 0 Å². The minimum Gasteiger partial charge on any atom is -0.258 e. The lowest BCUT2D eigenvalue weighted by Gasteiger charge is -2.02. The van der Waals surface area contributed by atoms with Crippen LogP contribution >= 0.6 is 0 Å². The van der Waals surface area contributed by atoms with E-state index in [2.05, 4.69) is 55.3 Å². The van der Waals surface area contributed by atoms with Crippen LogP contribution in [0.1, 0.15) is 17.8 Å². The highest BCUT2D eigenvalue weighted by atomic mass is 15.2. The van der Waals surface area contributed by atoms with Gasteiger partial charge >= 0.3 is 0 Å². The second-order valence-electron chi connectivity index (χ2n) is 9.86. The summed E-state index contributed by atoms with van der Waals surface area (Å²) in [7, 11) is 0. The third kappa shape index (κ3) is 8.12. The Balaban J connectivity index is 0.000000126. The van der Waals surface area contributed by atoms with E-state index >= 15 is 0 Å². The maximum Gasteiger partial charge on any atom is 0.174 e. The van der Waals surface area contributed by atoms with Crippen molar-refractivity contribution >= 4 is 11.9 Å². The zero-order valence-electron chi connectivity index (χ0n) is 25.4. The molecule has 0 saturated heterocycles. The van der Waals surface area contributed by atoms with Crippen LogP contribution in [0.3, 0.4) is 0 Å². The summed E-state index contributed by atoms with van der Waals surface area (Å²) in [5.74, 6) is 0.655. The molecule has 0 atom stereocenters. The minimum absolute atomic E-state index is 0.410. The topological polar surface area (TPSA) is 167 Å². The number of nitriles is 1. The molecule has 0 bridgehead atoms. The van der Waals surface area contributed by atoms with Crippen molar-refractivity contribution in [3.63, 3.8) is 0 Å². The van der Waals surface area contributed by atoms with E-state index in [1.807, 2.05) is 103 Å². The molecular weight excluding hydrogens is 600 g/mol. The average Bonchev–Trinajstić information content (AvgIpc) is 3.93. The third-order valence-electron chi connectivity index (χ3n) is 6.64. The van der Waals surface area contributed by atoms with Crippen molar-refractivity contribution in [2.75, 3.05) is 0 Å². The number of nitrogens with one attached hydrogen (secondary N) is 1. The molecule has 0 unspecified atom stereocenters. The van der Waals surface area contributed by atoms with Gasteiger partial charge in [0.05, 0.1) is 45.6 Å². The quantitative estimate of drug-likeness (QED) is 0.232. The third-order valence-corrected chi connectivity index (χ3v) is 6.64. The molecule has 8 heterocycles. The van der Waals surface area contributed by atoms with Crippen molar-refractivity contribution in [2.24, 2.45) is 10.2 Å². The fraction of sp³-hybridized carbons (Fsp3) is 0.0278. The van der Waals surface area contributed by atoms with Crippen LogP contribution in [0.4, 0.5) is 0 Å².